The van der Waals surface area contributed by atoms with Gasteiger partial charge in [0.2, 0.25) is 0 Å². The number of benzene rings is 1. The van der Waals surface area contributed by atoms with Crippen molar-refractivity contribution in [3.63, 3.8) is 0 Å². The molecule has 9 heteroatoms. The van der Waals surface area contributed by atoms with Gasteiger partial charge in [-0.05, 0) is 19.4 Å². The molecule has 2 heterocycles. The molecule has 0 bridgehead atoms. The molecule has 126 valence electrons. The molecule has 0 atom stereocenters. The molecule has 0 spiro atoms. The summed E-state index contributed by atoms with van der Waals surface area (Å²) in [5, 5.41) is 8.11. The van der Waals surface area contributed by atoms with Crippen LogP contribution in [0.2, 0.25) is 0 Å². The molecule has 8 nitrogen and oxygen atoms in total. The van der Waals surface area contributed by atoms with Crippen LogP contribution in [0.15, 0.2) is 41.7 Å². The maximum atomic E-state index is 12.4. The summed E-state index contributed by atoms with van der Waals surface area (Å²) >= 11 is 0. The Hall–Kier alpha value is -2.68. The monoisotopic (exact) mass is 346 g/mol. The number of rotatable bonds is 5. The molecular formula is C15H18N6O2S. The van der Waals surface area contributed by atoms with Crippen molar-refractivity contribution < 1.29 is 8.42 Å². The van der Waals surface area contributed by atoms with E-state index in [4.69, 9.17) is 0 Å². The molecule has 1 aromatic carbocycles. The van der Waals surface area contributed by atoms with Gasteiger partial charge in [-0.25, -0.2) is 17.8 Å². The third-order valence-corrected chi connectivity index (χ3v) is 5.14. The summed E-state index contributed by atoms with van der Waals surface area (Å²) in [6.07, 6.45) is 2.80. The van der Waals surface area contributed by atoms with Crippen LogP contribution in [0.3, 0.4) is 0 Å². The van der Waals surface area contributed by atoms with Gasteiger partial charge in [-0.3, -0.25) is 4.68 Å². The number of sulfonamides is 1. The molecule has 0 aliphatic rings. The van der Waals surface area contributed by atoms with Crippen LogP contribution in [-0.2, 0) is 23.6 Å². The Morgan fingerprint density at radius 2 is 1.88 bits per heavy atom. The molecule has 0 fully saturated rings. The molecule has 3 rings (SSSR count). The highest BCUT2D eigenvalue weighted by atomic mass is 32.2. The molecule has 2 aromatic heterocycles. The van der Waals surface area contributed by atoms with Gasteiger partial charge in [0.1, 0.15) is 11.2 Å². The molecule has 0 aliphatic carbocycles. The smallest absolute Gasteiger partial charge is 0.267 e. The minimum absolute atomic E-state index is 0.0327. The summed E-state index contributed by atoms with van der Waals surface area (Å²) < 4.78 is 30.2. The van der Waals surface area contributed by atoms with Crippen molar-refractivity contribution in [3.8, 4) is 0 Å². The van der Waals surface area contributed by atoms with Gasteiger partial charge in [0.15, 0.2) is 0 Å². The van der Waals surface area contributed by atoms with Crippen molar-refractivity contribution in [2.75, 3.05) is 4.72 Å². The maximum absolute atomic E-state index is 12.4. The fraction of sp³-hybridized carbons (Fsp3) is 0.267. The molecule has 0 radical (unpaired) electrons. The van der Waals surface area contributed by atoms with Crippen LogP contribution in [-0.4, -0.2) is 33.0 Å². The lowest BCUT2D eigenvalue weighted by molar-refractivity contribution is 0.599. The van der Waals surface area contributed by atoms with Crippen LogP contribution < -0.4 is 4.72 Å². The first kappa shape index (κ1) is 16.2. The SMILES string of the molecule is Cc1ccc(Cn2cnc(NS(=O)(=O)c3cnn(C)c3C)n2)cc1. The topological polar surface area (TPSA) is 94.7 Å². The average Bonchev–Trinajstić information content (AvgIpc) is 3.09. The van der Waals surface area contributed by atoms with Crippen LogP contribution in [0.1, 0.15) is 16.8 Å². The highest BCUT2D eigenvalue weighted by Crippen LogP contribution is 2.16. The second-order valence-corrected chi connectivity index (χ2v) is 7.23. The van der Waals surface area contributed by atoms with E-state index in [1.165, 1.54) is 22.8 Å². The number of anilines is 1. The normalized spacial score (nSPS) is 11.6. The molecular weight excluding hydrogens is 328 g/mol. The molecule has 0 amide bonds. The summed E-state index contributed by atoms with van der Waals surface area (Å²) in [6.45, 7) is 4.22. The van der Waals surface area contributed by atoms with Gasteiger partial charge in [-0.2, -0.15) is 10.1 Å². The van der Waals surface area contributed by atoms with Crippen molar-refractivity contribution in [2.45, 2.75) is 25.3 Å². The predicted molar refractivity (Wildman–Crippen MR) is 89.1 cm³/mol. The first-order valence-electron chi connectivity index (χ1n) is 7.31. The Balaban J connectivity index is 1.76. The molecule has 0 saturated heterocycles. The fourth-order valence-corrected chi connectivity index (χ4v) is 3.37. The van der Waals surface area contributed by atoms with Crippen LogP contribution >= 0.6 is 0 Å². The first-order chi connectivity index (χ1) is 11.3. The quantitative estimate of drug-likeness (QED) is 0.755. The lowest BCUT2D eigenvalue weighted by Gasteiger charge is -2.04. The lowest BCUT2D eigenvalue weighted by atomic mass is 10.1. The molecule has 1 N–H and O–H groups in total. The number of hydrogen-bond donors (Lipinski definition) is 1. The van der Waals surface area contributed by atoms with E-state index in [9.17, 15) is 8.42 Å². The van der Waals surface area contributed by atoms with Crippen molar-refractivity contribution >= 4 is 16.0 Å². The highest BCUT2D eigenvalue weighted by Gasteiger charge is 2.21. The second-order valence-electron chi connectivity index (χ2n) is 5.57. The molecule has 3 aromatic rings. The number of aromatic nitrogens is 5. The molecule has 0 aliphatic heterocycles. The van der Waals surface area contributed by atoms with Gasteiger partial charge in [-0.1, -0.05) is 29.8 Å². The molecule has 0 saturated carbocycles. The van der Waals surface area contributed by atoms with Crippen LogP contribution in [0.25, 0.3) is 0 Å². The summed E-state index contributed by atoms with van der Waals surface area (Å²) in [4.78, 5) is 4.12. The number of aryl methyl sites for hydroxylation is 2. The Kier molecular flexibility index (Phi) is 4.10. The average molecular weight is 346 g/mol. The van der Waals surface area contributed by atoms with E-state index in [1.54, 1.807) is 18.7 Å². The zero-order chi connectivity index (χ0) is 17.3. The minimum atomic E-state index is -3.76. The summed E-state index contributed by atoms with van der Waals surface area (Å²) in [7, 11) is -2.08. The largest absolute Gasteiger partial charge is 0.272 e. The second kappa shape index (κ2) is 6.08. The minimum Gasteiger partial charge on any atom is -0.272 e. The van der Waals surface area contributed by atoms with E-state index in [0.29, 0.717) is 12.2 Å². The van der Waals surface area contributed by atoms with Crippen LogP contribution in [0, 0.1) is 13.8 Å². The van der Waals surface area contributed by atoms with E-state index in [1.807, 2.05) is 31.2 Å². The van der Waals surface area contributed by atoms with E-state index >= 15 is 0 Å². The molecule has 0 unspecified atom stereocenters. The van der Waals surface area contributed by atoms with E-state index in [2.05, 4.69) is 19.9 Å². The highest BCUT2D eigenvalue weighted by molar-refractivity contribution is 7.92. The molecule has 24 heavy (non-hydrogen) atoms. The van der Waals surface area contributed by atoms with E-state index < -0.39 is 10.0 Å². The predicted octanol–water partition coefficient (Wildman–Crippen LogP) is 1.48. The van der Waals surface area contributed by atoms with Crippen molar-refractivity contribution in [1.82, 2.24) is 24.5 Å². The Labute approximate surface area is 140 Å². The summed E-state index contributed by atoms with van der Waals surface area (Å²) in [5.41, 5.74) is 2.78. The van der Waals surface area contributed by atoms with Crippen LogP contribution in [0.5, 0.6) is 0 Å². The zero-order valence-corrected chi connectivity index (χ0v) is 14.4. The van der Waals surface area contributed by atoms with Gasteiger partial charge >= 0.3 is 0 Å². The third-order valence-electron chi connectivity index (χ3n) is 3.71. The van der Waals surface area contributed by atoms with E-state index in [0.717, 1.165) is 5.56 Å². The Morgan fingerprint density at radius 3 is 2.50 bits per heavy atom. The fourth-order valence-electron chi connectivity index (χ4n) is 2.22. The van der Waals surface area contributed by atoms with Gasteiger partial charge in [-0.15, -0.1) is 5.10 Å². The Morgan fingerprint density at radius 1 is 1.17 bits per heavy atom. The number of hydrogen-bond acceptors (Lipinski definition) is 5. The van der Waals surface area contributed by atoms with Crippen molar-refractivity contribution in [2.24, 2.45) is 7.05 Å². The first-order valence-corrected chi connectivity index (χ1v) is 8.80. The van der Waals surface area contributed by atoms with Gasteiger partial charge in [0.25, 0.3) is 16.0 Å². The summed E-state index contributed by atoms with van der Waals surface area (Å²) in [5.74, 6) is 0.0327. The third kappa shape index (κ3) is 3.30. The van der Waals surface area contributed by atoms with Gasteiger partial charge in [0.05, 0.1) is 18.4 Å². The maximum Gasteiger partial charge on any atom is 0.267 e. The number of nitrogens with zero attached hydrogens (tertiary/aromatic N) is 5. The van der Waals surface area contributed by atoms with E-state index in [-0.39, 0.29) is 10.8 Å². The van der Waals surface area contributed by atoms with Gasteiger partial charge < -0.3 is 0 Å². The van der Waals surface area contributed by atoms with Crippen LogP contribution in [0.4, 0.5) is 5.95 Å². The standard InChI is InChI=1S/C15H18N6O2S/c1-11-4-6-13(7-5-11)9-21-10-16-15(18-21)19-24(22,23)14-8-17-20(3)12(14)2/h4-8,10H,9H2,1-3H3,(H,18,19). The van der Waals surface area contributed by atoms with Crippen molar-refractivity contribution in [1.29, 1.82) is 0 Å². The van der Waals surface area contributed by atoms with Crippen molar-refractivity contribution in [3.05, 3.63) is 53.6 Å². The summed E-state index contributed by atoms with van der Waals surface area (Å²) in [6, 6.07) is 8.03. The van der Waals surface area contributed by atoms with Gasteiger partial charge in [0, 0.05) is 7.05 Å². The lowest BCUT2D eigenvalue weighted by Crippen LogP contribution is -2.15. The number of nitrogens with one attached hydrogen (secondary N) is 1. The zero-order valence-electron chi connectivity index (χ0n) is 13.6. The Bertz CT molecular complexity index is 956.